The van der Waals surface area contributed by atoms with Gasteiger partial charge < -0.3 is 19.8 Å². The number of aliphatic hydroxyl groups excluding tert-OH is 2. The first-order valence-corrected chi connectivity index (χ1v) is 12.4. The van der Waals surface area contributed by atoms with E-state index < -0.39 is 6.10 Å². The van der Waals surface area contributed by atoms with Gasteiger partial charge in [-0.05, 0) is 67.5 Å². The van der Waals surface area contributed by atoms with Crippen molar-refractivity contribution in [1.29, 1.82) is 0 Å². The number of benzene rings is 1. The fraction of sp³-hybridized carbons (Fsp3) is 0.640. The van der Waals surface area contributed by atoms with E-state index in [0.29, 0.717) is 17.1 Å². The molecule has 1 aliphatic heterocycles. The second-order valence-electron chi connectivity index (χ2n) is 9.63. The molecule has 0 aliphatic carbocycles. The molecule has 5 nitrogen and oxygen atoms in total. The summed E-state index contributed by atoms with van der Waals surface area (Å²) < 4.78 is 5.65. The van der Waals surface area contributed by atoms with Crippen LogP contribution in [-0.4, -0.2) is 63.9 Å². The lowest BCUT2D eigenvalue weighted by Crippen LogP contribution is -2.43. The van der Waals surface area contributed by atoms with Gasteiger partial charge in [0.1, 0.15) is 5.75 Å². The van der Waals surface area contributed by atoms with Gasteiger partial charge in [-0.2, -0.15) is 11.8 Å². The summed E-state index contributed by atoms with van der Waals surface area (Å²) in [5, 5.41) is 21.9. The van der Waals surface area contributed by atoms with Gasteiger partial charge in [0.25, 0.3) is 0 Å². The lowest BCUT2D eigenvalue weighted by atomic mass is 9.81. The van der Waals surface area contributed by atoms with Gasteiger partial charge in [0.05, 0.1) is 18.7 Å². The van der Waals surface area contributed by atoms with Crippen LogP contribution in [0.4, 0.5) is 0 Å². The topological polar surface area (TPSA) is 65.8 Å². The Morgan fingerprint density at radius 2 is 2.06 bits per heavy atom. The van der Waals surface area contributed by atoms with Crippen LogP contribution in [0.1, 0.15) is 51.7 Å². The van der Waals surface area contributed by atoms with Crippen molar-refractivity contribution in [2.24, 2.45) is 11.8 Å². The molecule has 1 unspecified atom stereocenters. The highest BCUT2D eigenvalue weighted by Crippen LogP contribution is 2.33. The van der Waals surface area contributed by atoms with Gasteiger partial charge in [-0.25, -0.2) is 0 Å². The van der Waals surface area contributed by atoms with Crippen LogP contribution in [0.25, 0.3) is 10.9 Å². The molecule has 6 heteroatoms. The van der Waals surface area contributed by atoms with E-state index in [0.717, 1.165) is 60.4 Å². The molecule has 0 amide bonds. The number of hydrogen-bond acceptors (Lipinski definition) is 6. The first-order chi connectivity index (χ1) is 14.8. The third-order valence-corrected chi connectivity index (χ3v) is 7.56. The lowest BCUT2D eigenvalue weighted by molar-refractivity contribution is 0.0608. The van der Waals surface area contributed by atoms with Gasteiger partial charge in [-0.15, -0.1) is 0 Å². The Bertz CT molecular complexity index is 839. The van der Waals surface area contributed by atoms with Gasteiger partial charge in [-0.1, -0.05) is 20.8 Å². The summed E-state index contributed by atoms with van der Waals surface area (Å²) in [5.74, 6) is 2.64. The monoisotopic (exact) mass is 446 g/mol. The highest BCUT2D eigenvalue weighted by molar-refractivity contribution is 8.00. The molecule has 2 N–H and O–H groups in total. The normalized spacial score (nSPS) is 21.4. The molecule has 3 rings (SSSR count). The Balaban J connectivity index is 1.57. The van der Waals surface area contributed by atoms with Gasteiger partial charge in [0.2, 0.25) is 0 Å². The second kappa shape index (κ2) is 11.0. The van der Waals surface area contributed by atoms with E-state index in [2.05, 4.69) is 30.7 Å². The quantitative estimate of drug-likeness (QED) is 0.590. The predicted molar refractivity (Wildman–Crippen MR) is 130 cm³/mol. The van der Waals surface area contributed by atoms with E-state index in [1.54, 1.807) is 13.3 Å². The number of pyridine rings is 1. The third kappa shape index (κ3) is 6.82. The largest absolute Gasteiger partial charge is 0.497 e. The number of aliphatic hydroxyl groups is 2. The number of fused-ring (bicyclic) bond motifs is 1. The van der Waals surface area contributed by atoms with Crippen molar-refractivity contribution in [2.45, 2.75) is 50.9 Å². The summed E-state index contributed by atoms with van der Waals surface area (Å²) in [4.78, 5) is 6.91. The molecular weight excluding hydrogens is 408 g/mol. The zero-order valence-electron chi connectivity index (χ0n) is 19.4. The zero-order chi connectivity index (χ0) is 22.4. The smallest absolute Gasteiger partial charge is 0.119 e. The van der Waals surface area contributed by atoms with Crippen LogP contribution in [0, 0.1) is 11.8 Å². The number of methoxy groups -OCH3 is 1. The number of thioether (sulfide) groups is 1. The lowest BCUT2D eigenvalue weighted by Gasteiger charge is -2.38. The van der Waals surface area contributed by atoms with E-state index in [1.807, 2.05) is 36.0 Å². The maximum Gasteiger partial charge on any atom is 0.119 e. The Morgan fingerprint density at radius 1 is 1.26 bits per heavy atom. The molecule has 0 spiro atoms. The van der Waals surface area contributed by atoms with Crippen LogP contribution < -0.4 is 4.74 Å². The Labute approximate surface area is 191 Å². The van der Waals surface area contributed by atoms with Crippen molar-refractivity contribution in [3.05, 3.63) is 36.0 Å². The zero-order valence-corrected chi connectivity index (χ0v) is 20.2. The van der Waals surface area contributed by atoms with Crippen molar-refractivity contribution in [3.8, 4) is 5.75 Å². The van der Waals surface area contributed by atoms with Crippen molar-refractivity contribution in [3.63, 3.8) is 0 Å². The van der Waals surface area contributed by atoms with E-state index in [4.69, 9.17) is 4.74 Å². The number of aromatic nitrogens is 1. The second-order valence-corrected chi connectivity index (χ2v) is 11.6. The molecule has 172 valence electrons. The molecule has 2 aromatic rings. The van der Waals surface area contributed by atoms with Gasteiger partial charge in [0, 0.05) is 41.8 Å². The maximum absolute atomic E-state index is 11.0. The summed E-state index contributed by atoms with van der Waals surface area (Å²) in [5.41, 5.74) is 1.77. The Kier molecular flexibility index (Phi) is 8.62. The average molecular weight is 447 g/mol. The highest BCUT2D eigenvalue weighted by atomic mass is 32.2. The summed E-state index contributed by atoms with van der Waals surface area (Å²) in [7, 11) is 1.65. The molecule has 0 bridgehead atoms. The van der Waals surface area contributed by atoms with Crippen LogP contribution >= 0.6 is 11.8 Å². The minimum atomic E-state index is -0.543. The van der Waals surface area contributed by atoms with Crippen LogP contribution in [0.3, 0.4) is 0 Å². The first kappa shape index (κ1) is 24.3. The maximum atomic E-state index is 11.0. The molecule has 0 saturated carbocycles. The van der Waals surface area contributed by atoms with E-state index in [9.17, 15) is 10.2 Å². The van der Waals surface area contributed by atoms with Gasteiger partial charge in [0.15, 0.2) is 0 Å². The minimum absolute atomic E-state index is 0.221. The number of rotatable bonds is 9. The number of likely N-dealkylation sites (tertiary alicyclic amines) is 1. The fourth-order valence-corrected chi connectivity index (χ4v) is 5.48. The number of ether oxygens (including phenoxy) is 1. The molecule has 1 aromatic carbocycles. The van der Waals surface area contributed by atoms with E-state index in [-0.39, 0.29) is 12.5 Å². The van der Waals surface area contributed by atoms with E-state index >= 15 is 0 Å². The predicted octanol–water partition coefficient (Wildman–Crippen LogP) is 4.52. The summed E-state index contributed by atoms with van der Waals surface area (Å²) >= 11 is 2.00. The molecule has 1 fully saturated rings. The molecule has 2 heterocycles. The van der Waals surface area contributed by atoms with E-state index in [1.165, 1.54) is 0 Å². The van der Waals surface area contributed by atoms with Crippen LogP contribution in [0.2, 0.25) is 0 Å². The van der Waals surface area contributed by atoms with Crippen molar-refractivity contribution < 1.29 is 14.9 Å². The molecule has 1 aromatic heterocycles. The molecule has 3 atom stereocenters. The highest BCUT2D eigenvalue weighted by Gasteiger charge is 2.29. The molecule has 0 radical (unpaired) electrons. The molecular formula is C25H38N2O3S. The summed E-state index contributed by atoms with van der Waals surface area (Å²) in [6.45, 7) is 10.1. The molecule has 1 aliphatic rings. The van der Waals surface area contributed by atoms with Gasteiger partial charge in [-0.3, -0.25) is 4.98 Å². The molecule has 1 saturated heterocycles. The third-order valence-electron chi connectivity index (χ3n) is 6.30. The van der Waals surface area contributed by atoms with Crippen LogP contribution in [0.15, 0.2) is 30.5 Å². The van der Waals surface area contributed by atoms with Crippen molar-refractivity contribution in [2.75, 3.05) is 39.1 Å². The number of piperidine rings is 1. The summed E-state index contributed by atoms with van der Waals surface area (Å²) in [6, 6.07) is 7.68. The average Bonchev–Trinajstić information content (AvgIpc) is 2.76. The van der Waals surface area contributed by atoms with Gasteiger partial charge >= 0.3 is 0 Å². The van der Waals surface area contributed by atoms with Crippen molar-refractivity contribution >= 4 is 22.7 Å². The van der Waals surface area contributed by atoms with Crippen LogP contribution in [-0.2, 0) is 0 Å². The summed E-state index contributed by atoms with van der Waals surface area (Å²) in [6.07, 6.45) is 3.92. The number of hydrogen-bond donors (Lipinski definition) is 2. The fourth-order valence-electron chi connectivity index (χ4n) is 4.52. The van der Waals surface area contributed by atoms with Crippen molar-refractivity contribution in [1.82, 2.24) is 9.88 Å². The SMILES string of the molecule is COc1ccc2nccc(C(O)CC[C@@H]3CCN(CCSC(C)(C)C)C[C@@H]3CO)c2c1. The van der Waals surface area contributed by atoms with Crippen LogP contribution in [0.5, 0.6) is 5.75 Å². The Hall–Kier alpha value is -1.34. The Morgan fingerprint density at radius 3 is 2.77 bits per heavy atom. The minimum Gasteiger partial charge on any atom is -0.497 e. The number of nitrogens with zero attached hydrogens (tertiary/aromatic N) is 2. The molecule has 31 heavy (non-hydrogen) atoms. The first-order valence-electron chi connectivity index (χ1n) is 11.4. The standard InChI is InChI=1S/C25H38N2O3S/c1-25(2,3)31-14-13-27-12-10-18(19(16-27)17-28)5-8-24(29)21-9-11-26-23-7-6-20(30-4)15-22(21)23/h6-7,9,11,15,18-19,24,28-29H,5,8,10,12-14,16-17H2,1-4H3/t18-,19-,24?/m1/s1.